The van der Waals surface area contributed by atoms with E-state index in [1.807, 2.05) is 19.1 Å². The largest absolute Gasteiger partial charge is 0.386 e. The molecule has 1 atom stereocenters. The molecule has 0 aliphatic carbocycles. The Bertz CT molecular complexity index is 605. The van der Waals surface area contributed by atoms with Crippen LogP contribution in [0.1, 0.15) is 23.5 Å². The fourth-order valence-corrected chi connectivity index (χ4v) is 2.90. The number of aliphatic hydroxyl groups is 1. The molecule has 0 spiro atoms. The van der Waals surface area contributed by atoms with Gasteiger partial charge < -0.3 is 15.7 Å². The first-order chi connectivity index (χ1) is 11.2. The summed E-state index contributed by atoms with van der Waals surface area (Å²) in [5.74, 6) is 0.720. The molecule has 1 aromatic heterocycles. The summed E-state index contributed by atoms with van der Waals surface area (Å²) in [6, 6.07) is 11.4. The molecule has 24 heavy (non-hydrogen) atoms. The smallest absolute Gasteiger partial charge is 0.191 e. The van der Waals surface area contributed by atoms with Gasteiger partial charge >= 0.3 is 0 Å². The Kier molecular flexibility index (Phi) is 10.3. The predicted molar refractivity (Wildman–Crippen MR) is 114 cm³/mol. The molecule has 0 saturated carbocycles. The summed E-state index contributed by atoms with van der Waals surface area (Å²) >= 11 is 7.61. The van der Waals surface area contributed by atoms with Gasteiger partial charge in [-0.2, -0.15) is 0 Å². The van der Waals surface area contributed by atoms with Gasteiger partial charge in [0.25, 0.3) is 0 Å². The average molecular weight is 480 g/mol. The normalized spacial score (nSPS) is 12.4. The molecule has 0 saturated heterocycles. The van der Waals surface area contributed by atoms with Gasteiger partial charge in [0, 0.05) is 23.0 Å². The lowest BCUT2D eigenvalue weighted by atomic mass is 10.1. The zero-order chi connectivity index (χ0) is 16.5. The van der Waals surface area contributed by atoms with Gasteiger partial charge in [0.05, 0.1) is 12.6 Å². The molecule has 2 aromatic rings. The highest BCUT2D eigenvalue weighted by molar-refractivity contribution is 14.0. The van der Waals surface area contributed by atoms with Gasteiger partial charge in [-0.15, -0.1) is 35.3 Å². The number of aliphatic hydroxyl groups excluding tert-OH is 1. The molecule has 132 valence electrons. The zero-order valence-electron chi connectivity index (χ0n) is 13.5. The van der Waals surface area contributed by atoms with Crippen molar-refractivity contribution in [3.8, 4) is 0 Å². The second-order valence-electron chi connectivity index (χ2n) is 5.04. The zero-order valence-corrected chi connectivity index (χ0v) is 17.4. The first-order valence-corrected chi connectivity index (χ1v) is 8.93. The lowest BCUT2D eigenvalue weighted by Crippen LogP contribution is -2.38. The monoisotopic (exact) mass is 479 g/mol. The van der Waals surface area contributed by atoms with Gasteiger partial charge in [-0.25, -0.2) is 0 Å². The molecule has 0 aliphatic heterocycles. The number of nitrogens with zero attached hydrogens (tertiary/aromatic N) is 1. The van der Waals surface area contributed by atoms with Crippen LogP contribution in [0.15, 0.2) is 46.8 Å². The van der Waals surface area contributed by atoms with Crippen LogP contribution in [0.4, 0.5) is 0 Å². The number of hydrogen-bond donors (Lipinski definition) is 3. The lowest BCUT2D eigenvalue weighted by molar-refractivity contribution is 0.187. The Labute approximate surface area is 169 Å². The van der Waals surface area contributed by atoms with Crippen molar-refractivity contribution in [3.63, 3.8) is 0 Å². The van der Waals surface area contributed by atoms with E-state index in [1.165, 1.54) is 4.88 Å². The fraction of sp³-hybridized carbons (Fsp3) is 0.353. The molecule has 1 unspecified atom stereocenters. The van der Waals surface area contributed by atoms with Crippen LogP contribution in [0.2, 0.25) is 5.02 Å². The molecule has 0 amide bonds. The summed E-state index contributed by atoms with van der Waals surface area (Å²) in [5, 5.41) is 19.4. The van der Waals surface area contributed by atoms with Crippen molar-refractivity contribution < 1.29 is 5.11 Å². The Morgan fingerprint density at radius 3 is 2.62 bits per heavy atom. The molecule has 0 aliphatic rings. The number of nitrogens with one attached hydrogen (secondary N) is 2. The minimum absolute atomic E-state index is 0. The van der Waals surface area contributed by atoms with Gasteiger partial charge in [0.2, 0.25) is 0 Å². The third kappa shape index (κ3) is 7.38. The molecule has 4 nitrogen and oxygen atoms in total. The first-order valence-electron chi connectivity index (χ1n) is 7.67. The number of rotatable bonds is 7. The van der Waals surface area contributed by atoms with Gasteiger partial charge in [0.15, 0.2) is 5.96 Å². The SMILES string of the molecule is CCNC(=NCC(O)c1ccc(Cl)cc1)NCCc1cccs1.I. The highest BCUT2D eigenvalue weighted by atomic mass is 127. The van der Waals surface area contributed by atoms with Gasteiger partial charge in [-0.1, -0.05) is 29.8 Å². The molecule has 3 N–H and O–H groups in total. The molecule has 1 heterocycles. The molecular weight excluding hydrogens is 457 g/mol. The summed E-state index contributed by atoms with van der Waals surface area (Å²) in [7, 11) is 0. The quantitative estimate of drug-likeness (QED) is 0.321. The van der Waals surface area contributed by atoms with E-state index in [4.69, 9.17) is 11.6 Å². The average Bonchev–Trinajstić information content (AvgIpc) is 3.06. The van der Waals surface area contributed by atoms with E-state index in [1.54, 1.807) is 23.5 Å². The van der Waals surface area contributed by atoms with Crippen LogP contribution in [0.5, 0.6) is 0 Å². The first kappa shape index (κ1) is 21.2. The van der Waals surface area contributed by atoms with E-state index < -0.39 is 6.10 Å². The standard InChI is InChI=1S/C17H22ClN3OS.HI/c1-2-19-17(20-10-9-15-4-3-11-23-15)21-12-16(22)13-5-7-14(18)8-6-13;/h3-8,11,16,22H,2,9-10,12H2,1H3,(H2,19,20,21);1H. The van der Waals surface area contributed by atoms with Gasteiger partial charge in [-0.05, 0) is 42.5 Å². The van der Waals surface area contributed by atoms with Crippen LogP contribution < -0.4 is 10.6 Å². The van der Waals surface area contributed by atoms with E-state index in [2.05, 4.69) is 33.1 Å². The maximum atomic E-state index is 10.2. The second kappa shape index (κ2) is 11.7. The molecule has 0 fully saturated rings. The van der Waals surface area contributed by atoms with E-state index >= 15 is 0 Å². The maximum absolute atomic E-state index is 10.2. The van der Waals surface area contributed by atoms with Crippen LogP contribution in [0.3, 0.4) is 0 Å². The minimum atomic E-state index is -0.639. The molecule has 2 rings (SSSR count). The van der Waals surface area contributed by atoms with Crippen LogP contribution >= 0.6 is 46.9 Å². The molecule has 0 radical (unpaired) electrons. The van der Waals surface area contributed by atoms with Gasteiger partial charge in [0.1, 0.15) is 0 Å². The van der Waals surface area contributed by atoms with Crippen molar-refractivity contribution >= 4 is 52.9 Å². The van der Waals surface area contributed by atoms with Crippen LogP contribution in [0.25, 0.3) is 0 Å². The van der Waals surface area contributed by atoms with Crippen LogP contribution in [-0.4, -0.2) is 30.7 Å². The minimum Gasteiger partial charge on any atom is -0.386 e. The van der Waals surface area contributed by atoms with Crippen molar-refractivity contribution in [2.24, 2.45) is 4.99 Å². The Morgan fingerprint density at radius 1 is 1.25 bits per heavy atom. The number of hydrogen-bond acceptors (Lipinski definition) is 3. The number of halogens is 2. The van der Waals surface area contributed by atoms with E-state index in [0.717, 1.165) is 31.0 Å². The Hall–Kier alpha value is -0.830. The summed E-state index contributed by atoms with van der Waals surface area (Å²) in [6.07, 6.45) is 0.321. The molecule has 1 aromatic carbocycles. The number of thiophene rings is 1. The van der Waals surface area contributed by atoms with Crippen molar-refractivity contribution in [2.75, 3.05) is 19.6 Å². The molecule has 7 heteroatoms. The highest BCUT2D eigenvalue weighted by Gasteiger charge is 2.07. The van der Waals surface area contributed by atoms with Crippen molar-refractivity contribution in [1.29, 1.82) is 0 Å². The van der Waals surface area contributed by atoms with Crippen LogP contribution in [0, 0.1) is 0 Å². The summed E-state index contributed by atoms with van der Waals surface area (Å²) < 4.78 is 0. The summed E-state index contributed by atoms with van der Waals surface area (Å²) in [5.41, 5.74) is 0.813. The lowest BCUT2D eigenvalue weighted by Gasteiger charge is -2.13. The van der Waals surface area contributed by atoms with Crippen molar-refractivity contribution in [2.45, 2.75) is 19.4 Å². The van der Waals surface area contributed by atoms with Gasteiger partial charge in [-0.3, -0.25) is 4.99 Å². The fourth-order valence-electron chi connectivity index (χ4n) is 2.07. The second-order valence-corrected chi connectivity index (χ2v) is 6.51. The third-order valence-electron chi connectivity index (χ3n) is 3.27. The molecular formula is C17H23ClIN3OS. The van der Waals surface area contributed by atoms with E-state index in [9.17, 15) is 5.11 Å². The Balaban J connectivity index is 0.00000288. The highest BCUT2D eigenvalue weighted by Crippen LogP contribution is 2.16. The van der Waals surface area contributed by atoms with Crippen molar-refractivity contribution in [1.82, 2.24) is 10.6 Å². The molecule has 0 bridgehead atoms. The topological polar surface area (TPSA) is 56.7 Å². The maximum Gasteiger partial charge on any atom is 0.191 e. The van der Waals surface area contributed by atoms with Crippen molar-refractivity contribution in [3.05, 3.63) is 57.2 Å². The Morgan fingerprint density at radius 2 is 2.00 bits per heavy atom. The van der Waals surface area contributed by atoms with E-state index in [0.29, 0.717) is 11.6 Å². The van der Waals surface area contributed by atoms with Crippen LogP contribution in [-0.2, 0) is 6.42 Å². The number of guanidine groups is 1. The number of benzene rings is 1. The summed E-state index contributed by atoms with van der Waals surface area (Å²) in [6.45, 7) is 3.91. The van der Waals surface area contributed by atoms with E-state index in [-0.39, 0.29) is 24.0 Å². The summed E-state index contributed by atoms with van der Waals surface area (Å²) in [4.78, 5) is 5.79. The number of aliphatic imine (C=N–C) groups is 1. The predicted octanol–water partition coefficient (Wildman–Crippen LogP) is 3.85. The third-order valence-corrected chi connectivity index (χ3v) is 4.45.